The lowest BCUT2D eigenvalue weighted by Crippen LogP contribution is -2.13. The van der Waals surface area contributed by atoms with E-state index < -0.39 is 0 Å². The van der Waals surface area contributed by atoms with Gasteiger partial charge in [-0.1, -0.05) is 135 Å². The summed E-state index contributed by atoms with van der Waals surface area (Å²) in [5, 5.41) is 66.7. The van der Waals surface area contributed by atoms with Gasteiger partial charge < -0.3 is 21.3 Å². The van der Waals surface area contributed by atoms with E-state index in [0.717, 1.165) is 50.4 Å². The Hall–Kier alpha value is -11.8. The molecular weight excluding hydrogens is 1120 g/mol. The van der Waals surface area contributed by atoms with Crippen LogP contribution in [-0.4, -0.2) is 106 Å². The quantitative estimate of drug-likeness (QED) is 0.0563. The van der Waals surface area contributed by atoms with E-state index in [1.807, 2.05) is 105 Å². The number of tetrazole rings is 4. The predicted octanol–water partition coefficient (Wildman–Crippen LogP) is 11.0. The van der Waals surface area contributed by atoms with Gasteiger partial charge in [0, 0.05) is 72.3 Å². The van der Waals surface area contributed by atoms with E-state index in [2.05, 4.69) is 125 Å². The number of aryl methyl sites for hydroxylation is 2. The van der Waals surface area contributed by atoms with Gasteiger partial charge in [-0.25, -0.2) is 0 Å². The molecule has 0 unspecified atom stereocenters. The number of amides is 4. The van der Waals surface area contributed by atoms with Gasteiger partial charge in [0.15, 0.2) is 0 Å². The Morgan fingerprint density at radius 3 is 0.966 bits per heavy atom. The molecule has 4 amide bonds. The molecule has 24 nitrogen and oxygen atoms in total. The molecule has 8 aromatic carbocycles. The second-order valence-corrected chi connectivity index (χ2v) is 20.5. The molecule has 0 saturated heterocycles. The van der Waals surface area contributed by atoms with E-state index >= 15 is 0 Å². The second-order valence-electron chi connectivity index (χ2n) is 20.1. The molecule has 4 aromatic heterocycles. The Morgan fingerprint density at radius 2 is 0.667 bits per heavy atom. The molecule has 0 saturated carbocycles. The highest BCUT2D eigenvalue weighted by atomic mass is 35.5. The van der Waals surface area contributed by atoms with Gasteiger partial charge in [0.05, 0.1) is 0 Å². The minimum absolute atomic E-state index is 0.0908. The molecule has 0 radical (unpaired) electrons. The topological polar surface area (TPSA) is 334 Å². The van der Waals surface area contributed by atoms with Crippen LogP contribution in [0.5, 0.6) is 0 Å². The smallest absolute Gasteiger partial charge is 0.255 e. The highest BCUT2D eigenvalue weighted by Crippen LogP contribution is 2.25. The third-order valence-corrected chi connectivity index (χ3v) is 13.2. The van der Waals surface area contributed by atoms with Crippen LogP contribution in [0.25, 0.3) is 45.6 Å². The molecule has 0 bridgehead atoms. The summed E-state index contributed by atoms with van der Waals surface area (Å²) >= 11 is 6.05. The number of rotatable bonds is 12. The number of hydrogen-bond donors (Lipinski definition) is 8. The number of aromatic amines is 4. The number of aromatic nitrogens is 16. The molecule has 0 atom stereocenters. The van der Waals surface area contributed by atoms with Gasteiger partial charge in [0.2, 0.25) is 23.3 Å². The maximum Gasteiger partial charge on any atom is 0.255 e. The second kappa shape index (κ2) is 28.5. The summed E-state index contributed by atoms with van der Waals surface area (Å²) in [6, 6.07) is 58.4. The average molecular weight is 1180 g/mol. The minimum atomic E-state index is -0.209. The maximum atomic E-state index is 12.3. The highest BCUT2D eigenvalue weighted by Gasteiger charge is 2.15. The predicted molar refractivity (Wildman–Crippen MR) is 329 cm³/mol. The number of carbonyl (C=O) groups excluding carboxylic acids is 4. The van der Waals surface area contributed by atoms with Crippen LogP contribution in [0.3, 0.4) is 0 Å². The first-order valence-corrected chi connectivity index (χ1v) is 27.1. The van der Waals surface area contributed by atoms with Gasteiger partial charge in [-0.2, -0.15) is 20.9 Å². The third kappa shape index (κ3) is 16.9. The summed E-state index contributed by atoms with van der Waals surface area (Å²) in [5.41, 5.74) is 11.8. The van der Waals surface area contributed by atoms with Crippen molar-refractivity contribution in [2.45, 2.75) is 40.0 Å². The van der Waals surface area contributed by atoms with Crippen molar-refractivity contribution in [3.63, 3.8) is 0 Å². The van der Waals surface area contributed by atoms with Crippen molar-refractivity contribution in [3.05, 3.63) is 238 Å². The van der Waals surface area contributed by atoms with Crippen LogP contribution >= 0.6 is 11.6 Å². The highest BCUT2D eigenvalue weighted by molar-refractivity contribution is 6.31. The van der Waals surface area contributed by atoms with Crippen molar-refractivity contribution in [2.75, 3.05) is 21.3 Å². The Morgan fingerprint density at radius 1 is 0.368 bits per heavy atom. The summed E-state index contributed by atoms with van der Waals surface area (Å²) in [4.78, 5) is 48.7. The Bertz CT molecular complexity index is 4130. The lowest BCUT2D eigenvalue weighted by atomic mass is 9.87. The molecule has 12 aromatic rings. The van der Waals surface area contributed by atoms with Crippen molar-refractivity contribution in [2.24, 2.45) is 0 Å². The van der Waals surface area contributed by atoms with Crippen molar-refractivity contribution < 1.29 is 19.2 Å². The zero-order valence-corrected chi connectivity index (χ0v) is 48.1. The standard InChI is InChI=1S/C18H19N5O.C15H12ClN5O.C15H13N5O.C14H11N5O/c1-18(2,3)14-8-10-15(11-9-14)19-17(24)13-6-4-12(5-7-13)16-20-22-23-21-16;1-9-2-7-12(8-13(9)16)17-15(22)11-5-3-10(4-6-11)14-18-20-21-19-14;1-10-2-8-13(9-3-10)16-15(21)12-6-4-11(5-7-12)14-17-19-20-18-14;20-14(15-12-4-2-1-3-5-12)11-8-6-10(7-9-11)13-16-18-19-17-13/h4-11H,1-3H3,(H,19,24)(H,20,21,22,23);2-8H,1H3,(H,17,22)(H,18,19,20,21);2-9H,1H3,(H,16,21)(H,17,18,19,20);1-9H,(H,15,20)(H,16,17,18,19). The largest absolute Gasteiger partial charge is 0.322 e. The first-order valence-electron chi connectivity index (χ1n) is 26.7. The van der Waals surface area contributed by atoms with E-state index in [-0.39, 0.29) is 29.0 Å². The molecule has 0 aliphatic carbocycles. The normalized spacial score (nSPS) is 10.6. The number of anilines is 4. The van der Waals surface area contributed by atoms with E-state index in [1.54, 1.807) is 103 Å². The van der Waals surface area contributed by atoms with Crippen molar-refractivity contribution >= 4 is 58.0 Å². The molecular formula is C62H55ClN20O4. The van der Waals surface area contributed by atoms with Gasteiger partial charge >= 0.3 is 0 Å². The monoisotopic (exact) mass is 1180 g/mol. The zero-order chi connectivity index (χ0) is 61.1. The molecule has 0 aliphatic heterocycles. The van der Waals surface area contributed by atoms with E-state index in [4.69, 9.17) is 11.6 Å². The number of H-pyrrole nitrogens is 4. The average Bonchev–Trinajstić information content (AvgIpc) is 4.60. The summed E-state index contributed by atoms with van der Waals surface area (Å²) < 4.78 is 0. The number of hydrogen-bond acceptors (Lipinski definition) is 16. The van der Waals surface area contributed by atoms with Crippen LogP contribution in [0.1, 0.15) is 78.9 Å². The number of nitrogens with one attached hydrogen (secondary N) is 8. The fraction of sp³-hybridized carbons (Fsp3) is 0.0968. The lowest BCUT2D eigenvalue weighted by molar-refractivity contribution is 0.101. The Balaban J connectivity index is 0.000000139. The van der Waals surface area contributed by atoms with Crippen LogP contribution in [-0.2, 0) is 5.41 Å². The Labute approximate surface area is 502 Å². The number of carbonyl (C=O) groups is 4. The summed E-state index contributed by atoms with van der Waals surface area (Å²) in [6.45, 7) is 10.4. The number of nitrogens with zero attached hydrogens (tertiary/aromatic N) is 12. The maximum absolute atomic E-state index is 12.3. The molecule has 25 heteroatoms. The molecule has 0 spiro atoms. The summed E-state index contributed by atoms with van der Waals surface area (Å²) in [6.07, 6.45) is 0. The molecule has 12 rings (SSSR count). The van der Waals surface area contributed by atoms with Gasteiger partial charge in [-0.15, -0.1) is 40.8 Å². The van der Waals surface area contributed by atoms with E-state index in [0.29, 0.717) is 56.3 Å². The van der Waals surface area contributed by atoms with Crippen LogP contribution < -0.4 is 21.3 Å². The molecule has 8 N–H and O–H groups in total. The number of para-hydroxylation sites is 1. The van der Waals surface area contributed by atoms with Gasteiger partial charge in [-0.05, 0) is 148 Å². The molecule has 87 heavy (non-hydrogen) atoms. The van der Waals surface area contributed by atoms with Crippen molar-refractivity contribution in [1.82, 2.24) is 82.5 Å². The van der Waals surface area contributed by atoms with E-state index in [1.165, 1.54) is 5.56 Å². The fourth-order valence-electron chi connectivity index (χ4n) is 7.91. The minimum Gasteiger partial charge on any atom is -0.322 e. The van der Waals surface area contributed by atoms with Crippen molar-refractivity contribution in [1.29, 1.82) is 0 Å². The third-order valence-electron chi connectivity index (χ3n) is 12.8. The summed E-state index contributed by atoms with van der Waals surface area (Å²) in [5.74, 6) is 1.31. The van der Waals surface area contributed by atoms with E-state index in [9.17, 15) is 19.2 Å². The van der Waals surface area contributed by atoms with Crippen LogP contribution in [0.2, 0.25) is 5.02 Å². The van der Waals surface area contributed by atoms with Gasteiger partial charge in [0.1, 0.15) is 0 Å². The number of halogens is 1. The van der Waals surface area contributed by atoms with Crippen molar-refractivity contribution in [3.8, 4) is 45.6 Å². The Kier molecular flexibility index (Phi) is 19.6. The summed E-state index contributed by atoms with van der Waals surface area (Å²) in [7, 11) is 0. The zero-order valence-electron chi connectivity index (χ0n) is 47.4. The molecule has 0 aliphatic rings. The first kappa shape index (κ1) is 59.8. The van der Waals surface area contributed by atoms with Gasteiger partial charge in [-0.3, -0.25) is 19.2 Å². The number of benzene rings is 8. The lowest BCUT2D eigenvalue weighted by Gasteiger charge is -2.19. The van der Waals surface area contributed by atoms with Crippen LogP contribution in [0.4, 0.5) is 22.7 Å². The van der Waals surface area contributed by atoms with Crippen LogP contribution in [0, 0.1) is 13.8 Å². The van der Waals surface area contributed by atoms with Gasteiger partial charge in [0.25, 0.3) is 23.6 Å². The molecule has 434 valence electrons. The molecule has 0 fully saturated rings. The van der Waals surface area contributed by atoms with Crippen LogP contribution in [0.15, 0.2) is 194 Å². The first-order chi connectivity index (χ1) is 42.1. The SMILES string of the molecule is CC(C)(C)c1ccc(NC(=O)c2ccc(-c3nn[nH]n3)cc2)cc1.Cc1ccc(NC(=O)c2ccc(-c3nn[nH]n3)cc2)cc1.Cc1ccc(NC(=O)c2ccc(-c3nn[nH]n3)cc2)cc1Cl.O=C(Nc1ccccc1)c1ccc(-c2nn[nH]n2)cc1. The fourth-order valence-corrected chi connectivity index (χ4v) is 8.10. The molecule has 4 heterocycles.